The lowest BCUT2D eigenvalue weighted by molar-refractivity contribution is 0.210. The highest BCUT2D eigenvalue weighted by molar-refractivity contribution is 4.73. The molecule has 0 unspecified atom stereocenters. The van der Waals surface area contributed by atoms with E-state index in [0.29, 0.717) is 5.92 Å². The normalized spacial score (nSPS) is 15.7. The summed E-state index contributed by atoms with van der Waals surface area (Å²) in [7, 11) is 0. The predicted molar refractivity (Wildman–Crippen MR) is 39.1 cm³/mol. The summed E-state index contributed by atoms with van der Waals surface area (Å²) in [5.41, 5.74) is 5.56. The molecule has 0 fully saturated rings. The molecule has 0 aliphatic heterocycles. The number of hydrogen-bond acceptors (Lipinski definition) is 2. The zero-order valence-electron chi connectivity index (χ0n) is 6.52. The largest absolute Gasteiger partial charge is 0.396 e. The van der Waals surface area contributed by atoms with Crippen molar-refractivity contribution in [1.82, 2.24) is 0 Å². The van der Waals surface area contributed by atoms with Crippen molar-refractivity contribution < 1.29 is 5.11 Å². The molecule has 0 bridgehead atoms. The Hall–Kier alpha value is -0.0800. The fraction of sp³-hybridized carbons (Fsp3) is 1.00. The second kappa shape index (κ2) is 3.18. The van der Waals surface area contributed by atoms with Crippen LogP contribution >= 0.6 is 0 Å². The third kappa shape index (κ3) is 5.80. The van der Waals surface area contributed by atoms with Crippen LogP contribution in [-0.4, -0.2) is 17.3 Å². The molecule has 2 heteroatoms. The smallest absolute Gasteiger partial charge is 0.0457 e. The van der Waals surface area contributed by atoms with Gasteiger partial charge in [-0.1, -0.05) is 6.92 Å². The SMILES string of the molecule is C[C@H](CO)CC(C)(C)N. The molecule has 0 aliphatic rings. The highest BCUT2D eigenvalue weighted by atomic mass is 16.3. The minimum atomic E-state index is -0.137. The Labute approximate surface area is 57.1 Å². The van der Waals surface area contributed by atoms with E-state index in [9.17, 15) is 0 Å². The van der Waals surface area contributed by atoms with E-state index in [1.807, 2.05) is 20.8 Å². The van der Waals surface area contributed by atoms with Crippen LogP contribution < -0.4 is 5.73 Å². The molecule has 0 rings (SSSR count). The molecule has 0 aromatic carbocycles. The van der Waals surface area contributed by atoms with Crippen molar-refractivity contribution >= 4 is 0 Å². The van der Waals surface area contributed by atoms with Crippen molar-refractivity contribution in [1.29, 1.82) is 0 Å². The molecule has 56 valence electrons. The number of rotatable bonds is 3. The number of nitrogens with two attached hydrogens (primary N) is 1. The highest BCUT2D eigenvalue weighted by Crippen LogP contribution is 2.11. The monoisotopic (exact) mass is 131 g/mol. The van der Waals surface area contributed by atoms with Crippen molar-refractivity contribution in [2.75, 3.05) is 6.61 Å². The van der Waals surface area contributed by atoms with E-state index in [2.05, 4.69) is 0 Å². The summed E-state index contributed by atoms with van der Waals surface area (Å²) >= 11 is 0. The van der Waals surface area contributed by atoms with Gasteiger partial charge in [-0.3, -0.25) is 0 Å². The maximum absolute atomic E-state index is 8.64. The van der Waals surface area contributed by atoms with Crippen LogP contribution in [0.25, 0.3) is 0 Å². The molecule has 1 atom stereocenters. The van der Waals surface area contributed by atoms with E-state index in [1.54, 1.807) is 0 Å². The Balaban J connectivity index is 3.47. The van der Waals surface area contributed by atoms with Gasteiger partial charge in [-0.2, -0.15) is 0 Å². The summed E-state index contributed by atoms with van der Waals surface area (Å²) in [5.74, 6) is 0.324. The molecule has 3 N–H and O–H groups in total. The average molecular weight is 131 g/mol. The molecule has 0 saturated heterocycles. The van der Waals surface area contributed by atoms with Gasteiger partial charge < -0.3 is 10.8 Å². The predicted octanol–water partition coefficient (Wildman–Crippen LogP) is 0.742. The third-order valence-corrected chi connectivity index (χ3v) is 1.19. The molecule has 0 saturated carbocycles. The minimum Gasteiger partial charge on any atom is -0.396 e. The van der Waals surface area contributed by atoms with Crippen molar-refractivity contribution in [3.8, 4) is 0 Å². The van der Waals surface area contributed by atoms with Gasteiger partial charge in [0.05, 0.1) is 0 Å². The number of hydrogen-bond donors (Lipinski definition) is 2. The first-order valence-corrected chi connectivity index (χ1v) is 3.35. The second-order valence-corrected chi connectivity index (χ2v) is 3.48. The first-order chi connectivity index (χ1) is 3.95. The minimum absolute atomic E-state index is 0.137. The molecular formula is C7H17NO. The molecule has 0 amide bonds. The topological polar surface area (TPSA) is 46.2 Å². The molecule has 9 heavy (non-hydrogen) atoms. The lowest BCUT2D eigenvalue weighted by Gasteiger charge is -2.21. The van der Waals surface area contributed by atoms with E-state index in [0.717, 1.165) is 6.42 Å². The molecule has 2 nitrogen and oxygen atoms in total. The standard InChI is InChI=1S/C7H17NO/c1-6(5-9)4-7(2,3)8/h6,9H,4-5,8H2,1-3H3/t6-/m0/s1. The quantitative estimate of drug-likeness (QED) is 0.593. The Morgan fingerprint density at radius 1 is 1.56 bits per heavy atom. The summed E-state index contributed by atoms with van der Waals surface area (Å²) in [5, 5.41) is 8.64. The van der Waals surface area contributed by atoms with E-state index < -0.39 is 0 Å². The first-order valence-electron chi connectivity index (χ1n) is 3.35. The van der Waals surface area contributed by atoms with Gasteiger partial charge >= 0.3 is 0 Å². The van der Waals surface area contributed by atoms with Crippen molar-refractivity contribution in [2.45, 2.75) is 32.7 Å². The van der Waals surface area contributed by atoms with Gasteiger partial charge in [0, 0.05) is 12.1 Å². The maximum atomic E-state index is 8.64. The van der Waals surface area contributed by atoms with Gasteiger partial charge in [0.15, 0.2) is 0 Å². The van der Waals surface area contributed by atoms with E-state index in [1.165, 1.54) is 0 Å². The lowest BCUT2D eigenvalue weighted by Crippen LogP contribution is -2.34. The summed E-state index contributed by atoms with van der Waals surface area (Å²) in [6, 6.07) is 0. The van der Waals surface area contributed by atoms with Crippen LogP contribution in [0.15, 0.2) is 0 Å². The first kappa shape index (κ1) is 8.92. The zero-order valence-corrected chi connectivity index (χ0v) is 6.52. The Morgan fingerprint density at radius 3 is 2.11 bits per heavy atom. The van der Waals surface area contributed by atoms with Gasteiger partial charge in [0.2, 0.25) is 0 Å². The summed E-state index contributed by atoms with van der Waals surface area (Å²) in [6.07, 6.45) is 0.878. The van der Waals surface area contributed by atoms with Crippen LogP contribution in [0.3, 0.4) is 0 Å². The summed E-state index contributed by atoms with van der Waals surface area (Å²) in [6.45, 7) is 6.17. The lowest BCUT2D eigenvalue weighted by atomic mass is 9.93. The van der Waals surface area contributed by atoms with Crippen LogP contribution in [0.4, 0.5) is 0 Å². The number of aliphatic hydroxyl groups excluding tert-OH is 1. The maximum Gasteiger partial charge on any atom is 0.0457 e. The molecule has 0 aromatic heterocycles. The fourth-order valence-corrected chi connectivity index (χ4v) is 0.963. The van der Waals surface area contributed by atoms with Crippen LogP contribution in [0, 0.1) is 5.92 Å². The van der Waals surface area contributed by atoms with Crippen LogP contribution in [0.5, 0.6) is 0 Å². The van der Waals surface area contributed by atoms with Crippen LogP contribution in [-0.2, 0) is 0 Å². The Morgan fingerprint density at radius 2 is 2.00 bits per heavy atom. The van der Waals surface area contributed by atoms with Crippen molar-refractivity contribution in [2.24, 2.45) is 11.7 Å². The third-order valence-electron chi connectivity index (χ3n) is 1.19. The van der Waals surface area contributed by atoms with Crippen LogP contribution in [0.1, 0.15) is 27.2 Å². The second-order valence-electron chi connectivity index (χ2n) is 3.48. The van der Waals surface area contributed by atoms with E-state index >= 15 is 0 Å². The van der Waals surface area contributed by atoms with Crippen molar-refractivity contribution in [3.05, 3.63) is 0 Å². The summed E-state index contributed by atoms with van der Waals surface area (Å²) < 4.78 is 0. The van der Waals surface area contributed by atoms with Crippen molar-refractivity contribution in [3.63, 3.8) is 0 Å². The molecule has 0 aliphatic carbocycles. The molecule has 0 heterocycles. The Bertz CT molecular complexity index is 75.5. The summed E-state index contributed by atoms with van der Waals surface area (Å²) in [4.78, 5) is 0. The average Bonchev–Trinajstić information content (AvgIpc) is 1.62. The van der Waals surface area contributed by atoms with Gasteiger partial charge in [0.25, 0.3) is 0 Å². The van der Waals surface area contributed by atoms with Crippen LogP contribution in [0.2, 0.25) is 0 Å². The Kier molecular flexibility index (Phi) is 3.15. The van der Waals surface area contributed by atoms with E-state index in [-0.39, 0.29) is 12.1 Å². The van der Waals surface area contributed by atoms with Gasteiger partial charge in [-0.05, 0) is 26.2 Å². The molecule has 0 radical (unpaired) electrons. The number of aliphatic hydroxyl groups is 1. The highest BCUT2D eigenvalue weighted by Gasteiger charge is 2.14. The molecule has 0 aromatic rings. The zero-order chi connectivity index (χ0) is 7.49. The van der Waals surface area contributed by atoms with Gasteiger partial charge in [-0.25, -0.2) is 0 Å². The van der Waals surface area contributed by atoms with E-state index in [4.69, 9.17) is 10.8 Å². The molecular weight excluding hydrogens is 114 g/mol. The van der Waals surface area contributed by atoms with Gasteiger partial charge in [0.1, 0.15) is 0 Å². The fourth-order valence-electron chi connectivity index (χ4n) is 0.963. The molecule has 0 spiro atoms. The van der Waals surface area contributed by atoms with Gasteiger partial charge in [-0.15, -0.1) is 0 Å².